The molecule has 6 heteroatoms. The number of carbonyl (C=O) groups excluding carboxylic acids is 1. The Kier molecular flexibility index (Phi) is 5.52. The van der Waals surface area contributed by atoms with Crippen LogP contribution in [-0.2, 0) is 21.2 Å². The van der Waals surface area contributed by atoms with Crippen molar-refractivity contribution in [1.82, 2.24) is 4.72 Å². The summed E-state index contributed by atoms with van der Waals surface area (Å²) in [5.74, 6) is -0.197. The predicted octanol–water partition coefficient (Wildman–Crippen LogP) is 2.47. The summed E-state index contributed by atoms with van der Waals surface area (Å²) in [5.41, 5.74) is 2.83. The number of aryl methyl sites for hydroxylation is 1. The zero-order valence-electron chi connectivity index (χ0n) is 13.2. The van der Waals surface area contributed by atoms with Gasteiger partial charge in [-0.2, -0.15) is 0 Å². The molecule has 0 aromatic heterocycles. The standard InChI is InChI=1S/C17H20N2O3S/c1-13-5-3-4-6-15(13)11-12-18-23(21,22)17-9-7-16(8-10-17)19-14(2)20/h3-10,18H,11-12H2,1-2H3,(H,19,20). The highest BCUT2D eigenvalue weighted by Gasteiger charge is 2.13. The molecule has 122 valence electrons. The third-order valence-corrected chi connectivity index (χ3v) is 4.91. The third-order valence-electron chi connectivity index (χ3n) is 3.43. The molecule has 0 unspecified atom stereocenters. The maximum atomic E-state index is 12.2. The summed E-state index contributed by atoms with van der Waals surface area (Å²) >= 11 is 0. The van der Waals surface area contributed by atoms with Gasteiger partial charge in [-0.05, 0) is 48.7 Å². The van der Waals surface area contributed by atoms with E-state index < -0.39 is 10.0 Å². The Morgan fingerprint density at radius 1 is 1.04 bits per heavy atom. The SMILES string of the molecule is CC(=O)Nc1ccc(S(=O)(=O)NCCc2ccccc2C)cc1. The molecule has 5 nitrogen and oxygen atoms in total. The van der Waals surface area contributed by atoms with Crippen molar-refractivity contribution in [3.8, 4) is 0 Å². The number of sulfonamides is 1. The van der Waals surface area contributed by atoms with Crippen molar-refractivity contribution in [2.45, 2.75) is 25.2 Å². The number of nitrogens with one attached hydrogen (secondary N) is 2. The summed E-state index contributed by atoms with van der Waals surface area (Å²) < 4.78 is 27.1. The Morgan fingerprint density at radius 2 is 1.70 bits per heavy atom. The van der Waals surface area contributed by atoms with Gasteiger partial charge in [0.2, 0.25) is 15.9 Å². The van der Waals surface area contributed by atoms with Gasteiger partial charge in [0.15, 0.2) is 0 Å². The van der Waals surface area contributed by atoms with Crippen molar-refractivity contribution < 1.29 is 13.2 Å². The molecule has 23 heavy (non-hydrogen) atoms. The Balaban J connectivity index is 1.99. The van der Waals surface area contributed by atoms with E-state index >= 15 is 0 Å². The molecular formula is C17H20N2O3S. The van der Waals surface area contributed by atoms with E-state index in [0.717, 1.165) is 11.1 Å². The van der Waals surface area contributed by atoms with Crippen molar-refractivity contribution in [2.24, 2.45) is 0 Å². The summed E-state index contributed by atoms with van der Waals surface area (Å²) in [5, 5.41) is 2.60. The predicted molar refractivity (Wildman–Crippen MR) is 90.8 cm³/mol. The van der Waals surface area contributed by atoms with Gasteiger partial charge in [-0.3, -0.25) is 4.79 Å². The van der Waals surface area contributed by atoms with Crippen LogP contribution in [0.1, 0.15) is 18.1 Å². The minimum absolute atomic E-state index is 0.177. The number of anilines is 1. The van der Waals surface area contributed by atoms with Gasteiger partial charge in [-0.15, -0.1) is 0 Å². The Morgan fingerprint density at radius 3 is 2.30 bits per heavy atom. The monoisotopic (exact) mass is 332 g/mol. The maximum absolute atomic E-state index is 12.2. The van der Waals surface area contributed by atoms with Crippen molar-refractivity contribution in [3.63, 3.8) is 0 Å². The average molecular weight is 332 g/mol. The topological polar surface area (TPSA) is 75.3 Å². The first kappa shape index (κ1) is 17.2. The minimum Gasteiger partial charge on any atom is -0.326 e. The molecule has 0 aliphatic carbocycles. The first-order valence-electron chi connectivity index (χ1n) is 7.30. The quantitative estimate of drug-likeness (QED) is 0.853. The van der Waals surface area contributed by atoms with Crippen molar-refractivity contribution in [2.75, 3.05) is 11.9 Å². The molecule has 0 aliphatic heterocycles. The molecule has 0 radical (unpaired) electrons. The van der Waals surface area contributed by atoms with Gasteiger partial charge in [-0.1, -0.05) is 24.3 Å². The zero-order valence-corrected chi connectivity index (χ0v) is 14.0. The van der Waals surface area contributed by atoms with Gasteiger partial charge in [0.25, 0.3) is 0 Å². The number of amides is 1. The molecular weight excluding hydrogens is 312 g/mol. The lowest BCUT2D eigenvalue weighted by Crippen LogP contribution is -2.26. The summed E-state index contributed by atoms with van der Waals surface area (Å²) in [6.45, 7) is 3.74. The number of rotatable bonds is 6. The molecule has 0 saturated heterocycles. The Bertz CT molecular complexity index is 784. The Labute approximate surface area is 136 Å². The van der Waals surface area contributed by atoms with Gasteiger partial charge in [-0.25, -0.2) is 13.1 Å². The molecule has 2 N–H and O–H groups in total. The molecule has 0 atom stereocenters. The van der Waals surface area contributed by atoms with E-state index in [9.17, 15) is 13.2 Å². The number of carbonyl (C=O) groups is 1. The van der Waals surface area contributed by atoms with Crippen LogP contribution in [0.25, 0.3) is 0 Å². The van der Waals surface area contributed by atoms with Crippen LogP contribution in [0, 0.1) is 6.92 Å². The van der Waals surface area contributed by atoms with E-state index in [0.29, 0.717) is 18.7 Å². The number of hydrogen-bond donors (Lipinski definition) is 2. The molecule has 0 bridgehead atoms. The van der Waals surface area contributed by atoms with Gasteiger partial charge in [0.05, 0.1) is 4.90 Å². The summed E-state index contributed by atoms with van der Waals surface area (Å²) in [7, 11) is -3.55. The lowest BCUT2D eigenvalue weighted by Gasteiger charge is -2.09. The molecule has 0 heterocycles. The van der Waals surface area contributed by atoms with Crippen molar-refractivity contribution >= 4 is 21.6 Å². The van der Waals surface area contributed by atoms with Gasteiger partial charge < -0.3 is 5.32 Å². The average Bonchev–Trinajstić information content (AvgIpc) is 2.49. The first-order valence-corrected chi connectivity index (χ1v) is 8.78. The van der Waals surface area contributed by atoms with Crippen LogP contribution >= 0.6 is 0 Å². The normalized spacial score (nSPS) is 11.2. The van der Waals surface area contributed by atoms with E-state index in [4.69, 9.17) is 0 Å². The minimum atomic E-state index is -3.55. The van der Waals surface area contributed by atoms with Gasteiger partial charge >= 0.3 is 0 Å². The van der Waals surface area contributed by atoms with E-state index in [1.807, 2.05) is 31.2 Å². The molecule has 0 fully saturated rings. The molecule has 2 aromatic rings. The highest BCUT2D eigenvalue weighted by atomic mass is 32.2. The van der Waals surface area contributed by atoms with E-state index in [2.05, 4.69) is 10.0 Å². The van der Waals surface area contributed by atoms with Gasteiger partial charge in [0, 0.05) is 19.2 Å². The van der Waals surface area contributed by atoms with Crippen LogP contribution < -0.4 is 10.0 Å². The largest absolute Gasteiger partial charge is 0.326 e. The van der Waals surface area contributed by atoms with Crippen LogP contribution in [-0.4, -0.2) is 20.9 Å². The highest BCUT2D eigenvalue weighted by Crippen LogP contribution is 2.14. The fourth-order valence-corrected chi connectivity index (χ4v) is 3.25. The zero-order chi connectivity index (χ0) is 16.9. The summed E-state index contributed by atoms with van der Waals surface area (Å²) in [6.07, 6.45) is 0.635. The molecule has 0 saturated carbocycles. The third kappa shape index (κ3) is 4.91. The van der Waals surface area contributed by atoms with Crippen LogP contribution in [0.15, 0.2) is 53.4 Å². The van der Waals surface area contributed by atoms with Crippen LogP contribution in [0.5, 0.6) is 0 Å². The summed E-state index contributed by atoms with van der Waals surface area (Å²) in [4.78, 5) is 11.1. The smallest absolute Gasteiger partial charge is 0.240 e. The lowest BCUT2D eigenvalue weighted by molar-refractivity contribution is -0.114. The highest BCUT2D eigenvalue weighted by molar-refractivity contribution is 7.89. The number of hydrogen-bond acceptors (Lipinski definition) is 3. The van der Waals surface area contributed by atoms with Crippen LogP contribution in [0.2, 0.25) is 0 Å². The molecule has 1 amide bonds. The summed E-state index contributed by atoms with van der Waals surface area (Å²) in [6, 6.07) is 14.0. The van der Waals surface area contributed by atoms with Crippen LogP contribution in [0.4, 0.5) is 5.69 Å². The van der Waals surface area contributed by atoms with Gasteiger partial charge in [0.1, 0.15) is 0 Å². The first-order chi connectivity index (χ1) is 10.9. The fraction of sp³-hybridized carbons (Fsp3) is 0.235. The fourth-order valence-electron chi connectivity index (χ4n) is 2.21. The van der Waals surface area contributed by atoms with Crippen LogP contribution in [0.3, 0.4) is 0 Å². The Hall–Kier alpha value is -2.18. The molecule has 2 rings (SSSR count). The lowest BCUT2D eigenvalue weighted by atomic mass is 10.1. The second-order valence-corrected chi connectivity index (χ2v) is 7.05. The number of benzene rings is 2. The second kappa shape index (κ2) is 7.39. The maximum Gasteiger partial charge on any atom is 0.240 e. The van der Waals surface area contributed by atoms with E-state index in [1.165, 1.54) is 19.1 Å². The molecule has 0 spiro atoms. The van der Waals surface area contributed by atoms with Crippen molar-refractivity contribution in [3.05, 3.63) is 59.7 Å². The second-order valence-electron chi connectivity index (χ2n) is 5.28. The molecule has 2 aromatic carbocycles. The molecule has 0 aliphatic rings. The van der Waals surface area contributed by atoms with Crippen molar-refractivity contribution in [1.29, 1.82) is 0 Å². The van der Waals surface area contributed by atoms with E-state index in [1.54, 1.807) is 12.1 Å². The van der Waals surface area contributed by atoms with E-state index in [-0.39, 0.29) is 10.8 Å².